The maximum absolute atomic E-state index is 13.2. The number of hydrogen-bond acceptors (Lipinski definition) is 4. The molecule has 1 aromatic heterocycles. The van der Waals surface area contributed by atoms with Gasteiger partial charge in [0.2, 0.25) is 0 Å². The molecule has 1 aliphatic heterocycles. The summed E-state index contributed by atoms with van der Waals surface area (Å²) in [5.41, 5.74) is 2.16. The molecule has 0 amide bonds. The first-order valence-electron chi connectivity index (χ1n) is 7.80. The van der Waals surface area contributed by atoms with Crippen LogP contribution in [0.4, 0.5) is 8.78 Å². The first kappa shape index (κ1) is 14.9. The van der Waals surface area contributed by atoms with E-state index in [0.29, 0.717) is 12.1 Å². The Kier molecular flexibility index (Phi) is 3.73. The highest BCUT2D eigenvalue weighted by atomic mass is 32.1. The maximum Gasteiger partial charge on any atom is 0.586 e. The van der Waals surface area contributed by atoms with Crippen molar-refractivity contribution in [3.05, 3.63) is 45.1 Å². The van der Waals surface area contributed by atoms with Crippen molar-refractivity contribution in [1.82, 2.24) is 5.32 Å². The number of alkyl halides is 2. The molecule has 23 heavy (non-hydrogen) atoms. The van der Waals surface area contributed by atoms with E-state index in [1.54, 1.807) is 12.1 Å². The number of ether oxygens (including phenoxy) is 2. The third kappa shape index (κ3) is 3.05. The van der Waals surface area contributed by atoms with Gasteiger partial charge in [-0.2, -0.15) is 0 Å². The number of halogens is 2. The van der Waals surface area contributed by atoms with Crippen LogP contribution in [0.25, 0.3) is 0 Å². The number of aryl methyl sites for hydroxylation is 2. The smallest absolute Gasteiger partial charge is 0.395 e. The minimum Gasteiger partial charge on any atom is -0.395 e. The Labute approximate surface area is 137 Å². The van der Waals surface area contributed by atoms with Gasteiger partial charge in [0, 0.05) is 28.4 Å². The van der Waals surface area contributed by atoms with Crippen LogP contribution in [0, 0.1) is 0 Å². The Morgan fingerprint density at radius 2 is 2.00 bits per heavy atom. The number of nitrogens with one attached hydrogen (secondary N) is 1. The van der Waals surface area contributed by atoms with Crippen molar-refractivity contribution >= 4 is 11.3 Å². The van der Waals surface area contributed by atoms with Crippen LogP contribution >= 0.6 is 11.3 Å². The number of thiophene rings is 1. The quantitative estimate of drug-likeness (QED) is 0.905. The summed E-state index contributed by atoms with van der Waals surface area (Å²) < 4.78 is 35.4. The van der Waals surface area contributed by atoms with E-state index in [9.17, 15) is 8.78 Å². The van der Waals surface area contributed by atoms with Gasteiger partial charge in [-0.05, 0) is 43.4 Å². The minimum absolute atomic E-state index is 0.0980. The first-order valence-corrected chi connectivity index (χ1v) is 8.61. The third-order valence-electron chi connectivity index (χ3n) is 4.17. The zero-order chi connectivity index (χ0) is 15.9. The summed E-state index contributed by atoms with van der Waals surface area (Å²) in [5, 5.41) is 3.31. The molecule has 122 valence electrons. The highest BCUT2D eigenvalue weighted by molar-refractivity contribution is 7.12. The molecule has 0 saturated heterocycles. The molecule has 0 spiro atoms. The van der Waals surface area contributed by atoms with E-state index in [1.165, 1.54) is 47.1 Å². The van der Waals surface area contributed by atoms with E-state index >= 15 is 0 Å². The van der Waals surface area contributed by atoms with E-state index in [-0.39, 0.29) is 11.5 Å². The van der Waals surface area contributed by atoms with Crippen LogP contribution in [0.5, 0.6) is 11.5 Å². The molecular weight excluding hydrogens is 320 g/mol. The van der Waals surface area contributed by atoms with E-state index in [4.69, 9.17) is 0 Å². The number of rotatable bonds is 4. The SMILES string of the molecule is FC1(F)Oc2cccc(CNCc3cc4c(s3)CCCC4)c2O1. The van der Waals surface area contributed by atoms with Gasteiger partial charge in [-0.3, -0.25) is 0 Å². The van der Waals surface area contributed by atoms with Crippen molar-refractivity contribution in [3.8, 4) is 11.5 Å². The zero-order valence-corrected chi connectivity index (χ0v) is 13.3. The van der Waals surface area contributed by atoms with Crippen LogP contribution in [-0.4, -0.2) is 6.29 Å². The lowest BCUT2D eigenvalue weighted by Gasteiger charge is -2.08. The van der Waals surface area contributed by atoms with Crippen LogP contribution in [0.15, 0.2) is 24.3 Å². The molecule has 1 aromatic carbocycles. The van der Waals surface area contributed by atoms with Crippen molar-refractivity contribution in [2.75, 3.05) is 0 Å². The van der Waals surface area contributed by atoms with Gasteiger partial charge in [-0.1, -0.05) is 12.1 Å². The lowest BCUT2D eigenvalue weighted by molar-refractivity contribution is -0.286. The van der Waals surface area contributed by atoms with Gasteiger partial charge in [-0.15, -0.1) is 20.1 Å². The van der Waals surface area contributed by atoms with Crippen molar-refractivity contribution in [3.63, 3.8) is 0 Å². The second-order valence-electron chi connectivity index (χ2n) is 5.88. The van der Waals surface area contributed by atoms with E-state index in [0.717, 1.165) is 6.54 Å². The molecule has 0 unspecified atom stereocenters. The fourth-order valence-electron chi connectivity index (χ4n) is 3.12. The van der Waals surface area contributed by atoms with Gasteiger partial charge in [0.1, 0.15) is 0 Å². The Balaban J connectivity index is 1.41. The van der Waals surface area contributed by atoms with Gasteiger partial charge in [0.15, 0.2) is 11.5 Å². The monoisotopic (exact) mass is 337 g/mol. The molecule has 0 radical (unpaired) electrons. The highest BCUT2D eigenvalue weighted by Crippen LogP contribution is 2.43. The number of fused-ring (bicyclic) bond motifs is 2. The average molecular weight is 337 g/mol. The Hall–Kier alpha value is -1.66. The minimum atomic E-state index is -3.56. The number of hydrogen-bond donors (Lipinski definition) is 1. The molecule has 2 aromatic rings. The molecule has 2 aliphatic rings. The van der Waals surface area contributed by atoms with Crippen LogP contribution in [-0.2, 0) is 25.9 Å². The summed E-state index contributed by atoms with van der Waals surface area (Å²) >= 11 is 1.86. The third-order valence-corrected chi connectivity index (χ3v) is 5.41. The highest BCUT2D eigenvalue weighted by Gasteiger charge is 2.44. The van der Waals surface area contributed by atoms with Gasteiger partial charge in [0.05, 0.1) is 0 Å². The van der Waals surface area contributed by atoms with E-state index in [1.807, 2.05) is 11.3 Å². The lowest BCUT2D eigenvalue weighted by Crippen LogP contribution is -2.26. The fourth-order valence-corrected chi connectivity index (χ4v) is 4.35. The largest absolute Gasteiger partial charge is 0.586 e. The van der Waals surface area contributed by atoms with Crippen LogP contribution < -0.4 is 14.8 Å². The molecule has 1 aliphatic carbocycles. The van der Waals surface area contributed by atoms with Gasteiger partial charge in [-0.25, -0.2) is 0 Å². The average Bonchev–Trinajstić information content (AvgIpc) is 3.06. The van der Waals surface area contributed by atoms with Gasteiger partial charge < -0.3 is 14.8 Å². The van der Waals surface area contributed by atoms with E-state index < -0.39 is 6.29 Å². The Morgan fingerprint density at radius 1 is 1.13 bits per heavy atom. The summed E-state index contributed by atoms with van der Waals surface area (Å²) in [7, 11) is 0. The predicted octanol–water partition coefficient (Wildman–Crippen LogP) is 4.24. The second kappa shape index (κ2) is 5.76. The molecule has 0 saturated carbocycles. The zero-order valence-electron chi connectivity index (χ0n) is 12.5. The standard InChI is InChI=1S/C17H17F2NO2S/c18-17(19)21-14-6-3-5-12(16(14)22-17)9-20-10-13-8-11-4-1-2-7-15(11)23-13/h3,5-6,8,20H,1-2,4,7,9-10H2. The van der Waals surface area contributed by atoms with Crippen molar-refractivity contribution in [2.45, 2.75) is 45.1 Å². The van der Waals surface area contributed by atoms with Crippen molar-refractivity contribution in [2.24, 2.45) is 0 Å². The van der Waals surface area contributed by atoms with Gasteiger partial charge in [0.25, 0.3) is 0 Å². The molecule has 6 heteroatoms. The van der Waals surface area contributed by atoms with Crippen LogP contribution in [0.3, 0.4) is 0 Å². The summed E-state index contributed by atoms with van der Waals surface area (Å²) in [6.45, 7) is 1.20. The summed E-state index contributed by atoms with van der Waals surface area (Å²) in [5.74, 6) is 0.233. The van der Waals surface area contributed by atoms with E-state index in [2.05, 4.69) is 20.9 Å². The number of para-hydroxylation sites is 1. The maximum atomic E-state index is 13.2. The summed E-state index contributed by atoms with van der Waals surface area (Å²) in [4.78, 5) is 2.80. The molecule has 1 N–H and O–H groups in total. The molecule has 2 heterocycles. The predicted molar refractivity (Wildman–Crippen MR) is 84.1 cm³/mol. The van der Waals surface area contributed by atoms with Crippen LogP contribution in [0.1, 0.15) is 33.7 Å². The fraction of sp³-hybridized carbons (Fsp3) is 0.412. The molecular formula is C17H17F2NO2S. The Bertz CT molecular complexity index is 706. The lowest BCUT2D eigenvalue weighted by atomic mass is 9.99. The molecule has 3 nitrogen and oxygen atoms in total. The van der Waals surface area contributed by atoms with Crippen molar-refractivity contribution in [1.29, 1.82) is 0 Å². The Morgan fingerprint density at radius 3 is 2.87 bits per heavy atom. The van der Waals surface area contributed by atoms with Gasteiger partial charge >= 0.3 is 6.29 Å². The first-order chi connectivity index (χ1) is 11.1. The molecule has 0 fully saturated rings. The molecule has 4 rings (SSSR count). The summed E-state index contributed by atoms with van der Waals surface area (Å²) in [6.07, 6.45) is 1.36. The summed E-state index contributed by atoms with van der Waals surface area (Å²) in [6, 6.07) is 7.24. The topological polar surface area (TPSA) is 30.5 Å². The number of benzene rings is 1. The molecule has 0 bridgehead atoms. The van der Waals surface area contributed by atoms with Crippen molar-refractivity contribution < 1.29 is 18.3 Å². The van der Waals surface area contributed by atoms with Crippen LogP contribution in [0.2, 0.25) is 0 Å². The second-order valence-corrected chi connectivity index (χ2v) is 7.10. The molecule has 0 atom stereocenters. The normalized spacial score (nSPS) is 18.0.